The summed E-state index contributed by atoms with van der Waals surface area (Å²) in [5, 5.41) is 13.7. The van der Waals surface area contributed by atoms with Crippen LogP contribution in [0.15, 0.2) is 11.4 Å². The molecule has 4 aliphatic carbocycles. The van der Waals surface area contributed by atoms with E-state index in [1.54, 1.807) is 0 Å². The third-order valence-corrected chi connectivity index (χ3v) is 8.01. The summed E-state index contributed by atoms with van der Waals surface area (Å²) in [5.74, 6) is 0.862. The quantitative estimate of drug-likeness (QED) is 0.706. The number of amides is 1. The van der Waals surface area contributed by atoms with Crippen LogP contribution in [0.1, 0.15) is 67.1 Å². The highest BCUT2D eigenvalue weighted by atomic mass is 32.2. The Morgan fingerprint density at radius 3 is 2.59 bits per heavy atom. The number of ether oxygens (including phenoxy) is 1. The summed E-state index contributed by atoms with van der Waals surface area (Å²) in [6.45, 7) is 0.566. The van der Waals surface area contributed by atoms with Crippen LogP contribution in [0.3, 0.4) is 0 Å². The molecule has 4 bridgehead atoms. The van der Waals surface area contributed by atoms with Gasteiger partial charge in [-0.1, -0.05) is 0 Å². The molecule has 8 nitrogen and oxygen atoms in total. The molecule has 1 saturated heterocycles. The van der Waals surface area contributed by atoms with Crippen molar-refractivity contribution in [2.45, 2.75) is 67.8 Å². The van der Waals surface area contributed by atoms with E-state index in [9.17, 15) is 18.3 Å². The summed E-state index contributed by atoms with van der Waals surface area (Å²) in [6.07, 6.45) is 8.00. The molecule has 5 aliphatic rings. The SMILES string of the molecule is CS(=O)(=O)c1ncc(C(=O)N[C@H]2C3CC4CC2C[C@@](O)(C4)C3)c([C@@H]2CCCO2)n1. The highest BCUT2D eigenvalue weighted by Crippen LogP contribution is 2.55. The van der Waals surface area contributed by atoms with Gasteiger partial charge in [0.1, 0.15) is 6.10 Å². The van der Waals surface area contributed by atoms with E-state index in [0.29, 0.717) is 24.6 Å². The summed E-state index contributed by atoms with van der Waals surface area (Å²) in [5.41, 5.74) is 0.0931. The van der Waals surface area contributed by atoms with Crippen molar-refractivity contribution in [3.05, 3.63) is 17.5 Å². The fraction of sp³-hybridized carbons (Fsp3) is 0.750. The smallest absolute Gasteiger partial charge is 0.255 e. The minimum absolute atomic E-state index is 0.0336. The topological polar surface area (TPSA) is 118 Å². The van der Waals surface area contributed by atoms with Gasteiger partial charge in [0.15, 0.2) is 0 Å². The Labute approximate surface area is 170 Å². The van der Waals surface area contributed by atoms with Gasteiger partial charge in [0.2, 0.25) is 15.0 Å². The first kappa shape index (κ1) is 19.4. The molecule has 29 heavy (non-hydrogen) atoms. The van der Waals surface area contributed by atoms with E-state index < -0.39 is 21.5 Å². The van der Waals surface area contributed by atoms with Gasteiger partial charge >= 0.3 is 0 Å². The van der Waals surface area contributed by atoms with Gasteiger partial charge in [-0.15, -0.1) is 0 Å². The average molecular weight is 422 g/mol. The maximum absolute atomic E-state index is 13.2. The minimum atomic E-state index is -3.58. The van der Waals surface area contributed by atoms with Crippen molar-refractivity contribution in [1.29, 1.82) is 0 Å². The number of hydrogen-bond acceptors (Lipinski definition) is 7. The number of carbonyl (C=O) groups is 1. The van der Waals surface area contributed by atoms with Crippen molar-refractivity contribution < 1.29 is 23.1 Å². The molecule has 158 valence electrons. The minimum Gasteiger partial charge on any atom is -0.390 e. The van der Waals surface area contributed by atoms with Gasteiger partial charge < -0.3 is 15.2 Å². The molecule has 1 aliphatic heterocycles. The van der Waals surface area contributed by atoms with Crippen LogP contribution in [0, 0.1) is 17.8 Å². The number of sulfone groups is 1. The second kappa shape index (κ2) is 6.72. The number of carbonyl (C=O) groups excluding carboxylic acids is 1. The highest BCUT2D eigenvalue weighted by Gasteiger charge is 2.55. The first-order chi connectivity index (χ1) is 13.7. The maximum Gasteiger partial charge on any atom is 0.255 e. The van der Waals surface area contributed by atoms with Gasteiger partial charge in [0, 0.05) is 25.1 Å². The van der Waals surface area contributed by atoms with Crippen molar-refractivity contribution in [3.63, 3.8) is 0 Å². The number of aliphatic hydroxyl groups is 1. The Morgan fingerprint density at radius 2 is 2.00 bits per heavy atom. The molecule has 3 atom stereocenters. The first-order valence-electron chi connectivity index (χ1n) is 10.4. The lowest BCUT2D eigenvalue weighted by molar-refractivity contribution is -0.136. The molecule has 0 spiro atoms. The fourth-order valence-electron chi connectivity index (χ4n) is 6.22. The average Bonchev–Trinajstić information content (AvgIpc) is 3.16. The largest absolute Gasteiger partial charge is 0.390 e. The standard InChI is InChI=1S/C20H27N3O5S/c1-29(26,27)19-21-10-14(17(23-19)15-3-2-4-28-15)18(24)22-16-12-5-11-6-13(16)9-20(25,7-11)8-12/h10-13,15-16,25H,2-9H2,1H3,(H,22,24)/t11?,12?,13?,15-,16-,20+/m0/s1. The Morgan fingerprint density at radius 1 is 1.28 bits per heavy atom. The molecule has 0 aromatic carbocycles. The molecule has 1 aromatic rings. The van der Waals surface area contributed by atoms with E-state index in [-0.39, 0.29) is 34.5 Å². The molecule has 2 heterocycles. The van der Waals surface area contributed by atoms with Crippen LogP contribution in [0.25, 0.3) is 0 Å². The molecular formula is C20H27N3O5S. The van der Waals surface area contributed by atoms with E-state index in [4.69, 9.17) is 4.74 Å². The van der Waals surface area contributed by atoms with Crippen molar-refractivity contribution in [3.8, 4) is 0 Å². The van der Waals surface area contributed by atoms with E-state index in [0.717, 1.165) is 44.8 Å². The van der Waals surface area contributed by atoms with Crippen molar-refractivity contribution >= 4 is 15.7 Å². The van der Waals surface area contributed by atoms with Crippen molar-refractivity contribution in [1.82, 2.24) is 15.3 Å². The van der Waals surface area contributed by atoms with E-state index in [1.807, 2.05) is 0 Å². The van der Waals surface area contributed by atoms with Crippen LogP contribution in [0.4, 0.5) is 0 Å². The lowest BCUT2D eigenvalue weighted by Gasteiger charge is -2.58. The molecule has 1 amide bonds. The molecule has 9 heteroatoms. The zero-order chi connectivity index (χ0) is 20.4. The third kappa shape index (κ3) is 3.47. The molecule has 4 saturated carbocycles. The molecule has 5 fully saturated rings. The fourth-order valence-corrected chi connectivity index (χ4v) is 6.72. The molecular weight excluding hydrogens is 394 g/mol. The van der Waals surface area contributed by atoms with E-state index in [2.05, 4.69) is 15.3 Å². The first-order valence-corrected chi connectivity index (χ1v) is 12.3. The van der Waals surface area contributed by atoms with Crippen LogP contribution in [0.5, 0.6) is 0 Å². The number of nitrogens with zero attached hydrogens (tertiary/aromatic N) is 2. The van der Waals surface area contributed by atoms with Gasteiger partial charge in [0.05, 0.1) is 16.9 Å². The van der Waals surface area contributed by atoms with E-state index >= 15 is 0 Å². The predicted molar refractivity (Wildman–Crippen MR) is 103 cm³/mol. The zero-order valence-electron chi connectivity index (χ0n) is 16.5. The summed E-state index contributed by atoms with van der Waals surface area (Å²) in [7, 11) is -3.58. The van der Waals surface area contributed by atoms with Crippen molar-refractivity contribution in [2.24, 2.45) is 17.8 Å². The predicted octanol–water partition coefficient (Wildman–Crippen LogP) is 1.40. The van der Waals surface area contributed by atoms with Crippen LogP contribution in [0.2, 0.25) is 0 Å². The molecule has 2 N–H and O–H groups in total. The second-order valence-electron chi connectivity index (χ2n) is 9.42. The number of rotatable bonds is 4. The lowest BCUT2D eigenvalue weighted by Crippen LogP contribution is -2.61. The summed E-state index contributed by atoms with van der Waals surface area (Å²) in [6, 6.07) is 0.0336. The monoisotopic (exact) mass is 421 g/mol. The molecule has 6 rings (SSSR count). The van der Waals surface area contributed by atoms with Crippen LogP contribution >= 0.6 is 0 Å². The second-order valence-corrected chi connectivity index (χ2v) is 11.3. The summed E-state index contributed by atoms with van der Waals surface area (Å²) >= 11 is 0. The lowest BCUT2D eigenvalue weighted by atomic mass is 9.52. The third-order valence-electron chi connectivity index (χ3n) is 7.15. The van der Waals surface area contributed by atoms with Crippen LogP contribution in [-0.4, -0.2) is 53.9 Å². The number of aromatic nitrogens is 2. The molecule has 0 radical (unpaired) electrons. The van der Waals surface area contributed by atoms with Crippen LogP contribution < -0.4 is 5.32 Å². The highest BCUT2D eigenvalue weighted by molar-refractivity contribution is 7.90. The summed E-state index contributed by atoms with van der Waals surface area (Å²) < 4.78 is 29.5. The Hall–Kier alpha value is -1.58. The Kier molecular flexibility index (Phi) is 4.49. The van der Waals surface area contributed by atoms with Gasteiger partial charge in [-0.05, 0) is 62.7 Å². The number of nitrogens with one attached hydrogen (secondary N) is 1. The zero-order valence-corrected chi connectivity index (χ0v) is 17.3. The van der Waals surface area contributed by atoms with E-state index in [1.165, 1.54) is 6.20 Å². The molecule has 2 unspecified atom stereocenters. The van der Waals surface area contributed by atoms with Gasteiger partial charge in [-0.2, -0.15) is 0 Å². The Balaban J connectivity index is 1.42. The van der Waals surface area contributed by atoms with Gasteiger partial charge in [-0.3, -0.25) is 4.79 Å². The normalized spacial score (nSPS) is 38.3. The van der Waals surface area contributed by atoms with Crippen molar-refractivity contribution in [2.75, 3.05) is 12.9 Å². The van der Waals surface area contributed by atoms with Crippen LogP contribution in [-0.2, 0) is 14.6 Å². The number of hydrogen-bond donors (Lipinski definition) is 2. The van der Waals surface area contributed by atoms with Gasteiger partial charge in [0.25, 0.3) is 5.91 Å². The maximum atomic E-state index is 13.2. The Bertz CT molecular complexity index is 927. The van der Waals surface area contributed by atoms with Gasteiger partial charge in [-0.25, -0.2) is 18.4 Å². The molecule has 1 aromatic heterocycles. The summed E-state index contributed by atoms with van der Waals surface area (Å²) in [4.78, 5) is 21.4.